The normalized spacial score (nSPS) is 20.5. The fourth-order valence-corrected chi connectivity index (χ4v) is 2.19. The van der Waals surface area contributed by atoms with Gasteiger partial charge in [-0.2, -0.15) is 0 Å². The van der Waals surface area contributed by atoms with E-state index in [1.807, 2.05) is 0 Å². The zero-order valence-corrected chi connectivity index (χ0v) is 11.1. The molecule has 1 fully saturated rings. The van der Waals surface area contributed by atoms with E-state index < -0.39 is 23.8 Å². The van der Waals surface area contributed by atoms with Gasteiger partial charge in [0, 0.05) is 6.54 Å². The second-order valence-electron chi connectivity index (χ2n) is 4.76. The van der Waals surface area contributed by atoms with E-state index in [1.165, 1.54) is 17.0 Å². The second-order valence-corrected chi connectivity index (χ2v) is 4.76. The quantitative estimate of drug-likeness (QED) is 0.905. The number of ether oxygens (including phenoxy) is 1. The third-order valence-electron chi connectivity index (χ3n) is 3.37. The number of carboxylic acid groups (broad SMARTS) is 1. The summed E-state index contributed by atoms with van der Waals surface area (Å²) in [5.41, 5.74) is 0.577. The van der Waals surface area contributed by atoms with Crippen molar-refractivity contribution in [3.63, 3.8) is 0 Å². The van der Waals surface area contributed by atoms with E-state index in [0.29, 0.717) is 12.1 Å². The Morgan fingerprint density at radius 2 is 2.25 bits per heavy atom. The molecule has 0 aromatic heterocycles. The molecule has 0 aliphatic carbocycles. The van der Waals surface area contributed by atoms with Crippen LogP contribution in [0.5, 0.6) is 0 Å². The van der Waals surface area contributed by atoms with Crippen LogP contribution in [-0.4, -0.2) is 47.7 Å². The number of amides is 1. The van der Waals surface area contributed by atoms with Gasteiger partial charge < -0.3 is 14.7 Å². The van der Waals surface area contributed by atoms with E-state index in [0.717, 1.165) is 0 Å². The number of hydrogen-bond donors (Lipinski definition) is 1. The van der Waals surface area contributed by atoms with Gasteiger partial charge in [-0.1, -0.05) is 12.1 Å². The Balaban J connectivity index is 2.08. The lowest BCUT2D eigenvalue weighted by molar-refractivity contribution is -0.159. The molecular formula is C14H16FNO4. The van der Waals surface area contributed by atoms with Crippen LogP contribution in [0.25, 0.3) is 0 Å². The Hall–Kier alpha value is -1.95. The van der Waals surface area contributed by atoms with Crippen LogP contribution in [0.3, 0.4) is 0 Å². The summed E-state index contributed by atoms with van der Waals surface area (Å²) in [5.74, 6) is -2.21. The van der Waals surface area contributed by atoms with Crippen molar-refractivity contribution in [2.45, 2.75) is 18.9 Å². The minimum absolute atomic E-state index is 0.0216. The van der Waals surface area contributed by atoms with Gasteiger partial charge in [0.1, 0.15) is 5.82 Å². The van der Waals surface area contributed by atoms with E-state index in [2.05, 4.69) is 0 Å². The summed E-state index contributed by atoms with van der Waals surface area (Å²) in [7, 11) is 0. The van der Waals surface area contributed by atoms with Gasteiger partial charge >= 0.3 is 5.97 Å². The third kappa shape index (κ3) is 3.14. The molecular weight excluding hydrogens is 265 g/mol. The van der Waals surface area contributed by atoms with Gasteiger partial charge in [0.15, 0.2) is 6.10 Å². The van der Waals surface area contributed by atoms with Crippen molar-refractivity contribution >= 4 is 11.9 Å². The number of halogens is 1. The Bertz CT molecular complexity index is 520. The molecule has 0 saturated carbocycles. The number of carbonyl (C=O) groups excluding carboxylic acids is 1. The molecule has 2 atom stereocenters. The Labute approximate surface area is 116 Å². The molecule has 1 heterocycles. The molecule has 1 aromatic rings. The molecule has 1 aliphatic heterocycles. The van der Waals surface area contributed by atoms with Gasteiger partial charge in [0.25, 0.3) is 0 Å². The van der Waals surface area contributed by atoms with Gasteiger partial charge in [0.05, 0.1) is 19.1 Å². The predicted octanol–water partition coefficient (Wildman–Crippen LogP) is 1.24. The van der Waals surface area contributed by atoms with Crippen molar-refractivity contribution in [1.29, 1.82) is 0 Å². The molecule has 1 N–H and O–H groups in total. The number of benzene rings is 1. The molecule has 1 amide bonds. The smallest absolute Gasteiger partial charge is 0.334 e. The lowest BCUT2D eigenvalue weighted by atomic mass is 9.99. The number of hydrogen-bond acceptors (Lipinski definition) is 3. The summed E-state index contributed by atoms with van der Waals surface area (Å²) in [5, 5.41) is 8.92. The zero-order valence-electron chi connectivity index (χ0n) is 11.1. The lowest BCUT2D eigenvalue weighted by Gasteiger charge is -2.32. The van der Waals surface area contributed by atoms with Crippen molar-refractivity contribution < 1.29 is 23.8 Å². The monoisotopic (exact) mass is 281 g/mol. The molecule has 2 unspecified atom stereocenters. The average molecular weight is 281 g/mol. The highest BCUT2D eigenvalue weighted by atomic mass is 19.1. The van der Waals surface area contributed by atoms with Gasteiger partial charge in [-0.25, -0.2) is 9.18 Å². The van der Waals surface area contributed by atoms with Crippen LogP contribution in [0.4, 0.5) is 4.39 Å². The van der Waals surface area contributed by atoms with E-state index in [1.54, 1.807) is 19.1 Å². The van der Waals surface area contributed by atoms with Crippen LogP contribution < -0.4 is 0 Å². The molecule has 0 bridgehead atoms. The van der Waals surface area contributed by atoms with Crippen LogP contribution in [-0.2, 0) is 14.3 Å². The maximum absolute atomic E-state index is 13.2. The highest BCUT2D eigenvalue weighted by molar-refractivity contribution is 5.84. The van der Waals surface area contributed by atoms with Crippen LogP contribution in [0.1, 0.15) is 18.4 Å². The highest BCUT2D eigenvalue weighted by Crippen LogP contribution is 2.20. The molecule has 108 valence electrons. The first-order valence-electron chi connectivity index (χ1n) is 6.37. The fraction of sp³-hybridized carbons (Fsp3) is 0.429. The summed E-state index contributed by atoms with van der Waals surface area (Å²) in [4.78, 5) is 24.7. The lowest BCUT2D eigenvalue weighted by Crippen LogP contribution is -2.49. The van der Waals surface area contributed by atoms with Crippen LogP contribution in [0, 0.1) is 5.82 Å². The SMILES string of the molecule is CC(C(=O)N1CCOC(C(=O)O)C1)c1cccc(F)c1. The largest absolute Gasteiger partial charge is 0.479 e. The zero-order chi connectivity index (χ0) is 14.7. The Morgan fingerprint density at radius 3 is 2.90 bits per heavy atom. The summed E-state index contributed by atoms with van der Waals surface area (Å²) >= 11 is 0. The van der Waals surface area contributed by atoms with Gasteiger partial charge in [-0.05, 0) is 24.6 Å². The molecule has 2 rings (SSSR count). The minimum Gasteiger partial charge on any atom is -0.479 e. The summed E-state index contributed by atoms with van der Waals surface area (Å²) in [6.07, 6.45) is -0.993. The Kier molecular flexibility index (Phi) is 4.34. The van der Waals surface area contributed by atoms with Crippen molar-refractivity contribution in [2.24, 2.45) is 0 Å². The van der Waals surface area contributed by atoms with E-state index in [4.69, 9.17) is 9.84 Å². The molecule has 0 radical (unpaired) electrons. The highest BCUT2D eigenvalue weighted by Gasteiger charge is 2.31. The predicted molar refractivity (Wildman–Crippen MR) is 68.8 cm³/mol. The first-order valence-corrected chi connectivity index (χ1v) is 6.37. The number of carbonyl (C=O) groups is 2. The number of nitrogens with zero attached hydrogens (tertiary/aromatic N) is 1. The number of aliphatic carboxylic acids is 1. The summed E-state index contributed by atoms with van der Waals surface area (Å²) in [6, 6.07) is 5.86. The maximum Gasteiger partial charge on any atom is 0.334 e. The van der Waals surface area contributed by atoms with E-state index in [-0.39, 0.29) is 19.1 Å². The molecule has 1 aromatic carbocycles. The van der Waals surface area contributed by atoms with E-state index in [9.17, 15) is 14.0 Å². The number of morpholine rings is 1. The first kappa shape index (κ1) is 14.5. The third-order valence-corrected chi connectivity index (χ3v) is 3.37. The van der Waals surface area contributed by atoms with Gasteiger partial charge in [0.2, 0.25) is 5.91 Å². The van der Waals surface area contributed by atoms with E-state index >= 15 is 0 Å². The maximum atomic E-state index is 13.2. The molecule has 0 spiro atoms. The van der Waals surface area contributed by atoms with Crippen molar-refractivity contribution in [2.75, 3.05) is 19.7 Å². The molecule has 20 heavy (non-hydrogen) atoms. The molecule has 1 saturated heterocycles. The summed E-state index contributed by atoms with van der Waals surface area (Å²) < 4.78 is 18.2. The Morgan fingerprint density at radius 1 is 1.50 bits per heavy atom. The topological polar surface area (TPSA) is 66.8 Å². The van der Waals surface area contributed by atoms with Crippen LogP contribution >= 0.6 is 0 Å². The molecule has 6 heteroatoms. The minimum atomic E-state index is -1.08. The summed E-state index contributed by atoms with van der Waals surface area (Å²) in [6.45, 7) is 2.25. The second kappa shape index (κ2) is 6.00. The van der Waals surface area contributed by atoms with Crippen molar-refractivity contribution in [3.05, 3.63) is 35.6 Å². The number of rotatable bonds is 3. The molecule has 5 nitrogen and oxygen atoms in total. The fourth-order valence-electron chi connectivity index (χ4n) is 2.19. The molecule has 1 aliphatic rings. The van der Waals surface area contributed by atoms with Crippen LogP contribution in [0.15, 0.2) is 24.3 Å². The first-order chi connectivity index (χ1) is 9.49. The van der Waals surface area contributed by atoms with Gasteiger partial charge in [-0.3, -0.25) is 4.79 Å². The number of carboxylic acids is 1. The van der Waals surface area contributed by atoms with Crippen LogP contribution in [0.2, 0.25) is 0 Å². The van der Waals surface area contributed by atoms with Crippen molar-refractivity contribution in [3.8, 4) is 0 Å². The standard InChI is InChI=1S/C14H16FNO4/c1-9(10-3-2-4-11(15)7-10)13(17)16-5-6-20-12(8-16)14(18)19/h2-4,7,9,12H,5-6,8H2,1H3,(H,18,19). The average Bonchev–Trinajstić information content (AvgIpc) is 2.45. The van der Waals surface area contributed by atoms with Crippen molar-refractivity contribution in [1.82, 2.24) is 4.90 Å². The van der Waals surface area contributed by atoms with Gasteiger partial charge in [-0.15, -0.1) is 0 Å².